The first kappa shape index (κ1) is 17.4. The number of imide groups is 1. The van der Waals surface area contributed by atoms with Gasteiger partial charge in [-0.1, -0.05) is 35.9 Å². The number of carbonyl (C=O) groups is 2. The minimum absolute atomic E-state index is 0.182. The number of hydrogen-bond acceptors (Lipinski definition) is 3. The second kappa shape index (κ2) is 7.32. The molecule has 4 rings (SSSR count). The lowest BCUT2D eigenvalue weighted by Gasteiger charge is -2.14. The van der Waals surface area contributed by atoms with Gasteiger partial charge in [0.15, 0.2) is 0 Å². The van der Waals surface area contributed by atoms with Crippen molar-refractivity contribution in [1.29, 1.82) is 0 Å². The van der Waals surface area contributed by atoms with E-state index >= 15 is 0 Å². The summed E-state index contributed by atoms with van der Waals surface area (Å²) >= 11 is 5.91. The smallest absolute Gasteiger partial charge is 0.324 e. The van der Waals surface area contributed by atoms with Gasteiger partial charge in [-0.15, -0.1) is 0 Å². The van der Waals surface area contributed by atoms with Crippen LogP contribution in [0.15, 0.2) is 54.7 Å². The molecule has 1 atom stereocenters. The van der Waals surface area contributed by atoms with Crippen LogP contribution in [0, 0.1) is 0 Å². The second-order valence-corrected chi connectivity index (χ2v) is 6.80. The Morgan fingerprint density at radius 3 is 2.81 bits per heavy atom. The van der Waals surface area contributed by atoms with Gasteiger partial charge < -0.3 is 15.0 Å². The van der Waals surface area contributed by atoms with Gasteiger partial charge in [0.1, 0.15) is 18.4 Å². The van der Waals surface area contributed by atoms with Crippen LogP contribution < -0.4 is 10.1 Å². The molecule has 27 heavy (non-hydrogen) atoms. The van der Waals surface area contributed by atoms with Gasteiger partial charge in [-0.2, -0.15) is 0 Å². The first-order valence-corrected chi connectivity index (χ1v) is 9.05. The maximum Gasteiger partial charge on any atom is 0.324 e. The molecule has 0 spiro atoms. The highest BCUT2D eigenvalue weighted by Gasteiger charge is 2.37. The lowest BCUT2D eigenvalue weighted by Crippen LogP contribution is -2.35. The molecule has 3 amide bonds. The van der Waals surface area contributed by atoms with Crippen LogP contribution in [0.1, 0.15) is 5.56 Å². The topological polar surface area (TPSA) is 74.4 Å². The van der Waals surface area contributed by atoms with Gasteiger partial charge in [-0.3, -0.25) is 9.69 Å². The summed E-state index contributed by atoms with van der Waals surface area (Å²) < 4.78 is 5.58. The number of carbonyl (C=O) groups excluding carboxylic acids is 2. The Kier molecular flexibility index (Phi) is 4.73. The SMILES string of the molecule is O=C1N[C@H](Cc2c[nH]c3ccccc23)C(=O)N1CCOc1cccc(Cl)c1. The van der Waals surface area contributed by atoms with Gasteiger partial charge >= 0.3 is 6.03 Å². The van der Waals surface area contributed by atoms with Crippen molar-refractivity contribution in [3.8, 4) is 5.75 Å². The highest BCUT2D eigenvalue weighted by Crippen LogP contribution is 2.21. The van der Waals surface area contributed by atoms with E-state index in [0.717, 1.165) is 16.5 Å². The number of halogens is 1. The fraction of sp³-hybridized carbons (Fsp3) is 0.200. The van der Waals surface area contributed by atoms with E-state index in [4.69, 9.17) is 16.3 Å². The van der Waals surface area contributed by atoms with Crippen LogP contribution in [0.4, 0.5) is 4.79 Å². The summed E-state index contributed by atoms with van der Waals surface area (Å²) in [6.07, 6.45) is 2.33. The summed E-state index contributed by atoms with van der Waals surface area (Å²) in [5.41, 5.74) is 2.01. The Bertz CT molecular complexity index is 1000. The molecule has 0 bridgehead atoms. The standard InChI is InChI=1S/C20H18ClN3O3/c21-14-4-3-5-15(11-14)27-9-8-24-19(25)18(23-20(24)26)10-13-12-22-17-7-2-1-6-16(13)17/h1-7,11-12,18,22H,8-10H2,(H,23,26)/t18-/m1/s1. The van der Waals surface area contributed by atoms with Gasteiger partial charge in [-0.25, -0.2) is 4.79 Å². The van der Waals surface area contributed by atoms with Crippen molar-refractivity contribution in [2.45, 2.75) is 12.5 Å². The van der Waals surface area contributed by atoms with Crippen molar-refractivity contribution in [2.24, 2.45) is 0 Å². The second-order valence-electron chi connectivity index (χ2n) is 6.36. The average molecular weight is 384 g/mol. The van der Waals surface area contributed by atoms with Crippen molar-refractivity contribution >= 4 is 34.4 Å². The third kappa shape index (κ3) is 3.61. The van der Waals surface area contributed by atoms with Gasteiger partial charge in [0.05, 0.1) is 6.54 Å². The maximum absolute atomic E-state index is 12.6. The predicted molar refractivity (Wildman–Crippen MR) is 103 cm³/mol. The molecule has 1 aliphatic heterocycles. The highest BCUT2D eigenvalue weighted by atomic mass is 35.5. The Balaban J connectivity index is 1.38. The van der Waals surface area contributed by atoms with Crippen molar-refractivity contribution in [2.75, 3.05) is 13.2 Å². The molecule has 2 N–H and O–H groups in total. The molecule has 1 fully saturated rings. The van der Waals surface area contributed by atoms with E-state index in [1.807, 2.05) is 30.5 Å². The fourth-order valence-corrected chi connectivity index (χ4v) is 3.44. The molecule has 0 radical (unpaired) electrons. The van der Waals surface area contributed by atoms with E-state index in [1.165, 1.54) is 4.90 Å². The molecule has 6 nitrogen and oxygen atoms in total. The highest BCUT2D eigenvalue weighted by molar-refractivity contribution is 6.30. The number of amides is 3. The van der Waals surface area contributed by atoms with Gasteiger partial charge in [0.25, 0.3) is 5.91 Å². The number of aromatic amines is 1. The van der Waals surface area contributed by atoms with Crippen LogP contribution in [0.2, 0.25) is 5.02 Å². The molecule has 7 heteroatoms. The average Bonchev–Trinajstić information content (AvgIpc) is 3.18. The zero-order valence-corrected chi connectivity index (χ0v) is 15.2. The number of rotatable bonds is 6. The van der Waals surface area contributed by atoms with E-state index in [9.17, 15) is 9.59 Å². The van der Waals surface area contributed by atoms with Gasteiger partial charge in [0.2, 0.25) is 0 Å². The fourth-order valence-electron chi connectivity index (χ4n) is 3.26. The van der Waals surface area contributed by atoms with E-state index in [-0.39, 0.29) is 25.1 Å². The molecule has 0 unspecified atom stereocenters. The summed E-state index contributed by atoms with van der Waals surface area (Å²) in [4.78, 5) is 29.2. The Hall–Kier alpha value is -2.99. The number of aromatic nitrogens is 1. The quantitative estimate of drug-likeness (QED) is 0.641. The zero-order chi connectivity index (χ0) is 18.8. The van der Waals surface area contributed by atoms with Crippen molar-refractivity contribution < 1.29 is 14.3 Å². The third-order valence-corrected chi connectivity index (χ3v) is 4.82. The van der Waals surface area contributed by atoms with Gasteiger partial charge in [0, 0.05) is 28.5 Å². The lowest BCUT2D eigenvalue weighted by molar-refractivity contribution is -0.127. The molecule has 2 aromatic carbocycles. The molecule has 0 aliphatic carbocycles. The zero-order valence-electron chi connectivity index (χ0n) is 14.4. The Labute approximate surface area is 161 Å². The van der Waals surface area contributed by atoms with Gasteiger partial charge in [-0.05, 0) is 29.8 Å². The summed E-state index contributed by atoms with van der Waals surface area (Å²) in [7, 11) is 0. The van der Waals surface area contributed by atoms with Crippen molar-refractivity contribution in [1.82, 2.24) is 15.2 Å². The number of fused-ring (bicyclic) bond motifs is 1. The number of benzene rings is 2. The molecule has 138 valence electrons. The molecule has 1 aliphatic rings. The number of nitrogens with one attached hydrogen (secondary N) is 2. The predicted octanol–water partition coefficient (Wildman–Crippen LogP) is 3.36. The molecule has 1 aromatic heterocycles. The molecular formula is C20H18ClN3O3. The molecule has 0 saturated carbocycles. The monoisotopic (exact) mass is 383 g/mol. The van der Waals surface area contributed by atoms with E-state index in [1.54, 1.807) is 24.3 Å². The molecule has 2 heterocycles. The molecule has 3 aromatic rings. The van der Waals surface area contributed by atoms with Crippen LogP contribution >= 0.6 is 11.6 Å². The van der Waals surface area contributed by atoms with E-state index < -0.39 is 6.04 Å². The van der Waals surface area contributed by atoms with Crippen LogP contribution in [-0.2, 0) is 11.2 Å². The van der Waals surface area contributed by atoms with E-state index in [2.05, 4.69) is 10.3 Å². The van der Waals surface area contributed by atoms with Crippen molar-refractivity contribution in [3.05, 3.63) is 65.3 Å². The van der Waals surface area contributed by atoms with Crippen LogP contribution in [0.5, 0.6) is 5.75 Å². The summed E-state index contributed by atoms with van der Waals surface area (Å²) in [5, 5.41) is 4.39. The van der Waals surface area contributed by atoms with Crippen LogP contribution in [-0.4, -0.2) is 41.0 Å². The maximum atomic E-state index is 12.6. The van der Waals surface area contributed by atoms with Crippen molar-refractivity contribution in [3.63, 3.8) is 0 Å². The number of nitrogens with zero attached hydrogens (tertiary/aromatic N) is 1. The number of urea groups is 1. The normalized spacial score (nSPS) is 16.8. The Morgan fingerprint density at radius 1 is 1.11 bits per heavy atom. The first-order valence-electron chi connectivity index (χ1n) is 8.67. The van der Waals surface area contributed by atoms with E-state index in [0.29, 0.717) is 17.2 Å². The van der Waals surface area contributed by atoms with Crippen LogP contribution in [0.25, 0.3) is 10.9 Å². The van der Waals surface area contributed by atoms with Crippen LogP contribution in [0.3, 0.4) is 0 Å². The summed E-state index contributed by atoms with van der Waals surface area (Å²) in [5.74, 6) is 0.366. The molecule has 1 saturated heterocycles. The number of ether oxygens (including phenoxy) is 1. The third-order valence-electron chi connectivity index (χ3n) is 4.59. The molecular weight excluding hydrogens is 366 g/mol. The first-order chi connectivity index (χ1) is 13.1. The minimum Gasteiger partial charge on any atom is -0.492 e. The largest absolute Gasteiger partial charge is 0.492 e. The minimum atomic E-state index is -0.567. The Morgan fingerprint density at radius 2 is 1.96 bits per heavy atom. The number of para-hydroxylation sites is 1. The number of hydrogen-bond donors (Lipinski definition) is 2. The summed E-state index contributed by atoms with van der Waals surface area (Å²) in [6.45, 7) is 0.390. The lowest BCUT2D eigenvalue weighted by atomic mass is 10.1. The number of H-pyrrole nitrogens is 1. The summed E-state index contributed by atoms with van der Waals surface area (Å²) in [6, 6.07) is 13.9.